The normalized spacial score (nSPS) is 14.2. The first-order chi connectivity index (χ1) is 28.2. The van der Waals surface area contributed by atoms with Crippen molar-refractivity contribution in [1.29, 1.82) is 0 Å². The van der Waals surface area contributed by atoms with Crippen LogP contribution in [-0.4, -0.2) is 157 Å². The van der Waals surface area contributed by atoms with Crippen molar-refractivity contribution in [2.75, 3.05) is 59.4 Å². The number of carboxylic acid groups (broad SMARTS) is 4. The second kappa shape index (κ2) is 31.0. The molecule has 0 saturated carbocycles. The Kier molecular flexibility index (Phi) is 28.5. The van der Waals surface area contributed by atoms with Gasteiger partial charge >= 0.3 is 23.9 Å². The third-order valence-electron chi connectivity index (χ3n) is 8.76. The number of rotatable bonds is 37. The van der Waals surface area contributed by atoms with E-state index < -0.39 is 146 Å². The number of alkyl halides is 1. The summed E-state index contributed by atoms with van der Waals surface area (Å²) in [5.41, 5.74) is 0. The van der Waals surface area contributed by atoms with Gasteiger partial charge in [0.15, 0.2) is 23.5 Å². The van der Waals surface area contributed by atoms with Crippen LogP contribution in [0.3, 0.4) is 0 Å². The Balaban J connectivity index is 5.24. The number of halogens is 1. The highest BCUT2D eigenvalue weighted by atomic mass is 18.2. The Morgan fingerprint density at radius 2 is 0.983 bits per heavy atom. The summed E-state index contributed by atoms with van der Waals surface area (Å²) < 4.78 is 34.6. The molecule has 6 atom stereocenters. The van der Waals surface area contributed by atoms with Gasteiger partial charge in [0.05, 0.1) is 90.1 Å². The van der Waals surface area contributed by atoms with Crippen LogP contribution in [0.5, 0.6) is 0 Å². The van der Waals surface area contributed by atoms with Crippen molar-refractivity contribution < 1.29 is 91.7 Å². The van der Waals surface area contributed by atoms with Gasteiger partial charge in [0, 0.05) is 44.1 Å². The molecule has 0 aromatic carbocycles. The van der Waals surface area contributed by atoms with Gasteiger partial charge in [-0.1, -0.05) is 20.8 Å². The number of carboxylic acids is 4. The Morgan fingerprint density at radius 3 is 1.47 bits per heavy atom. The SMILES string of the molecule is CC(C)C(CC(=O)[C@H](CCC(=O)O)NC(=O)C(CC(=O)O)CC(=O)[C@@H](C)[18F])C(=O)N[C@@H](CC(=O)O)C(=O)C[C@@H](C)C(=O)NCCOCCOCCOCCOCCC(=O)O. The highest BCUT2D eigenvalue weighted by Gasteiger charge is 2.35. The summed E-state index contributed by atoms with van der Waals surface area (Å²) in [6.07, 6.45) is -6.91. The Morgan fingerprint density at radius 1 is 0.500 bits per heavy atom. The first-order valence-corrected chi connectivity index (χ1v) is 19.4. The maximum Gasteiger partial charge on any atom is 0.305 e. The molecule has 0 saturated heterocycles. The number of hydrogen-bond donors (Lipinski definition) is 7. The van der Waals surface area contributed by atoms with E-state index in [1.807, 2.05) is 0 Å². The van der Waals surface area contributed by atoms with Crippen LogP contribution in [0.15, 0.2) is 0 Å². The predicted molar refractivity (Wildman–Crippen MR) is 204 cm³/mol. The molecule has 7 N–H and O–H groups in total. The third-order valence-corrected chi connectivity index (χ3v) is 8.76. The zero-order valence-corrected chi connectivity index (χ0v) is 34.4. The van der Waals surface area contributed by atoms with Gasteiger partial charge in [-0.15, -0.1) is 0 Å². The molecule has 60 heavy (non-hydrogen) atoms. The fourth-order valence-electron chi connectivity index (χ4n) is 5.31. The minimum Gasteiger partial charge on any atom is -0.481 e. The molecule has 21 nitrogen and oxygen atoms in total. The first kappa shape index (κ1) is 55.1. The molecule has 2 unspecified atom stereocenters. The van der Waals surface area contributed by atoms with E-state index in [1.54, 1.807) is 0 Å². The van der Waals surface area contributed by atoms with Crippen molar-refractivity contribution >= 4 is 58.9 Å². The first-order valence-electron chi connectivity index (χ1n) is 19.4. The summed E-state index contributed by atoms with van der Waals surface area (Å²) in [5.74, 6) is -15.0. The quantitative estimate of drug-likeness (QED) is 0.0410. The number of ketones is 3. The van der Waals surface area contributed by atoms with Gasteiger partial charge in [0.2, 0.25) is 17.7 Å². The standard InChI is InChI=1S/C38H60FN3O18/c1-22(2)26(20-31(45)27(5-6-32(46)47)41-37(55)25(19-34(50)51)18-29(43)24(4)39)38(56)42-28(21-35(52)53)30(44)17-23(3)36(54)40-8-10-58-12-14-60-16-15-59-13-11-57-9-7-33(48)49/h22-28H,5-21H2,1-4H3,(H,40,54)(H,41,55)(H,42,56)(H,46,47)(H,48,49)(H,50,51)(H,52,53)/t23-,24-,25?,26?,27+,28+/m1/s1/i39-1. The molecule has 22 heteroatoms. The number of carbonyl (C=O) groups is 10. The van der Waals surface area contributed by atoms with E-state index in [-0.39, 0.29) is 65.8 Å². The van der Waals surface area contributed by atoms with E-state index in [2.05, 4.69) is 16.0 Å². The summed E-state index contributed by atoms with van der Waals surface area (Å²) in [6.45, 7) is 7.21. The predicted octanol–water partition coefficient (Wildman–Crippen LogP) is 0.188. The van der Waals surface area contributed by atoms with Gasteiger partial charge in [0.25, 0.3) is 0 Å². The molecule has 0 aliphatic heterocycles. The lowest BCUT2D eigenvalue weighted by molar-refractivity contribution is -0.143. The van der Waals surface area contributed by atoms with Crippen molar-refractivity contribution in [3.05, 3.63) is 0 Å². The van der Waals surface area contributed by atoms with Crippen LogP contribution in [0.4, 0.5) is 4.39 Å². The van der Waals surface area contributed by atoms with E-state index in [1.165, 1.54) is 20.8 Å². The Labute approximate surface area is 346 Å². The number of amides is 3. The fraction of sp³-hybridized carbons (Fsp3) is 0.737. The zero-order valence-electron chi connectivity index (χ0n) is 34.4. The topological polar surface area (TPSA) is 325 Å². The molecule has 0 radical (unpaired) electrons. The van der Waals surface area contributed by atoms with Gasteiger partial charge in [-0.3, -0.25) is 47.9 Å². The van der Waals surface area contributed by atoms with Crippen LogP contribution >= 0.6 is 0 Å². The molecule has 0 aliphatic rings. The second-order valence-corrected chi connectivity index (χ2v) is 14.2. The summed E-state index contributed by atoms with van der Waals surface area (Å²) >= 11 is 0. The smallest absolute Gasteiger partial charge is 0.305 e. The largest absolute Gasteiger partial charge is 0.481 e. The molecular formula is C38H60FN3O18. The van der Waals surface area contributed by atoms with Crippen molar-refractivity contribution in [1.82, 2.24) is 16.0 Å². The minimum atomic E-state index is -2.01. The summed E-state index contributed by atoms with van der Waals surface area (Å²) in [4.78, 5) is 123. The molecular weight excluding hydrogens is 804 g/mol. The van der Waals surface area contributed by atoms with Crippen LogP contribution in [0, 0.1) is 23.7 Å². The lowest BCUT2D eigenvalue weighted by Crippen LogP contribution is -2.49. The fourth-order valence-corrected chi connectivity index (χ4v) is 5.31. The zero-order chi connectivity index (χ0) is 45.8. The van der Waals surface area contributed by atoms with Gasteiger partial charge in [-0.2, -0.15) is 0 Å². The van der Waals surface area contributed by atoms with E-state index >= 15 is 0 Å². The Hall–Kier alpha value is -4.93. The summed E-state index contributed by atoms with van der Waals surface area (Å²) in [6, 6.07) is -3.18. The van der Waals surface area contributed by atoms with Gasteiger partial charge in [-0.05, 0) is 19.3 Å². The van der Waals surface area contributed by atoms with Crippen LogP contribution in [0.2, 0.25) is 0 Å². The molecule has 0 heterocycles. The highest BCUT2D eigenvalue weighted by Crippen LogP contribution is 2.21. The van der Waals surface area contributed by atoms with Crippen molar-refractivity contribution in [3.63, 3.8) is 0 Å². The van der Waals surface area contributed by atoms with E-state index in [0.29, 0.717) is 0 Å². The van der Waals surface area contributed by atoms with E-state index in [4.69, 9.17) is 24.1 Å². The van der Waals surface area contributed by atoms with Crippen LogP contribution in [0.25, 0.3) is 0 Å². The molecule has 0 aromatic heterocycles. The van der Waals surface area contributed by atoms with E-state index in [0.717, 1.165) is 6.92 Å². The molecule has 0 fully saturated rings. The molecule has 342 valence electrons. The second-order valence-electron chi connectivity index (χ2n) is 14.2. The monoisotopic (exact) mass is 864 g/mol. The van der Waals surface area contributed by atoms with Gasteiger partial charge in [-0.25, -0.2) is 4.39 Å². The number of nitrogens with one attached hydrogen (secondary N) is 3. The van der Waals surface area contributed by atoms with Crippen molar-refractivity contribution in [3.8, 4) is 0 Å². The molecule has 0 spiro atoms. The number of carbonyl (C=O) groups excluding carboxylic acids is 6. The Bertz CT molecular complexity index is 1440. The van der Waals surface area contributed by atoms with Crippen LogP contribution in [0.1, 0.15) is 79.1 Å². The molecule has 3 amide bonds. The minimum absolute atomic E-state index is 0.0742. The molecule has 0 aromatic rings. The average molecular weight is 865 g/mol. The maximum atomic E-state index is 13.5. The van der Waals surface area contributed by atoms with Gasteiger partial charge < -0.3 is 55.3 Å². The van der Waals surface area contributed by atoms with E-state index in [9.17, 15) is 67.7 Å². The lowest BCUT2D eigenvalue weighted by Gasteiger charge is -2.26. The lowest BCUT2D eigenvalue weighted by atomic mass is 9.86. The summed E-state index contributed by atoms with van der Waals surface area (Å²) in [7, 11) is 0. The van der Waals surface area contributed by atoms with Crippen molar-refractivity contribution in [2.24, 2.45) is 23.7 Å². The number of hydrogen-bond acceptors (Lipinski definition) is 14. The maximum absolute atomic E-state index is 13.5. The molecule has 0 rings (SSSR count). The highest BCUT2D eigenvalue weighted by molar-refractivity contribution is 5.98. The third kappa shape index (κ3) is 26.2. The van der Waals surface area contributed by atoms with Crippen LogP contribution in [-0.2, 0) is 66.9 Å². The number of ether oxygens (including phenoxy) is 4. The number of Topliss-reactive ketones (excluding diaryl/α,β-unsaturated/α-hetero) is 3. The average Bonchev–Trinajstić information content (AvgIpc) is 3.15. The van der Waals surface area contributed by atoms with Crippen LogP contribution < -0.4 is 16.0 Å². The number of aliphatic carboxylic acids is 4. The molecule has 0 bridgehead atoms. The van der Waals surface area contributed by atoms with Crippen molar-refractivity contribution in [2.45, 2.75) is 97.3 Å². The molecule has 0 aliphatic carbocycles. The summed E-state index contributed by atoms with van der Waals surface area (Å²) in [5, 5.41) is 43.6. The van der Waals surface area contributed by atoms with Gasteiger partial charge in [0.1, 0.15) is 0 Å².